The Balaban J connectivity index is 2.30. The van der Waals surface area contributed by atoms with Crippen LogP contribution >= 0.6 is 0 Å². The first-order valence-corrected chi connectivity index (χ1v) is 4.95. The van der Waals surface area contributed by atoms with E-state index in [2.05, 4.69) is 9.97 Å². The number of aryl methyl sites for hydroxylation is 1. The number of hydrogen-bond donors (Lipinski definition) is 1. The number of nitrogens with two attached hydrogens (primary N) is 1. The van der Waals surface area contributed by atoms with Crippen LogP contribution in [-0.2, 0) is 0 Å². The highest BCUT2D eigenvalue weighted by atomic mass is 16.5. The van der Waals surface area contributed by atoms with Gasteiger partial charge in [-0.05, 0) is 30.7 Å². The lowest BCUT2D eigenvalue weighted by atomic mass is 10.2. The minimum absolute atomic E-state index is 0.205. The van der Waals surface area contributed by atoms with Crippen molar-refractivity contribution in [3.05, 3.63) is 41.7 Å². The fourth-order valence-corrected chi connectivity index (χ4v) is 1.26. The van der Waals surface area contributed by atoms with Gasteiger partial charge >= 0.3 is 6.01 Å². The molecule has 0 atom stereocenters. The first kappa shape index (κ1) is 10.9. The highest BCUT2D eigenvalue weighted by Crippen LogP contribution is 2.24. The van der Waals surface area contributed by atoms with Gasteiger partial charge in [0.05, 0.1) is 5.56 Å². The normalized spacial score (nSPS) is 9.65. The Bertz CT molecular complexity index is 572. The Labute approximate surface area is 98.5 Å². The maximum Gasteiger partial charge on any atom is 0.321 e. The molecule has 0 spiro atoms. The average molecular weight is 226 g/mol. The smallest absolute Gasteiger partial charge is 0.321 e. The molecule has 0 radical (unpaired) electrons. The van der Waals surface area contributed by atoms with Gasteiger partial charge in [-0.15, -0.1) is 0 Å². The maximum atomic E-state index is 8.94. The molecule has 1 aromatic heterocycles. The second-order valence-electron chi connectivity index (χ2n) is 3.51. The Kier molecular flexibility index (Phi) is 2.88. The van der Waals surface area contributed by atoms with E-state index in [-0.39, 0.29) is 6.01 Å². The summed E-state index contributed by atoms with van der Waals surface area (Å²) in [4.78, 5) is 7.99. The monoisotopic (exact) mass is 226 g/mol. The van der Waals surface area contributed by atoms with E-state index in [1.54, 1.807) is 30.6 Å². The molecule has 0 unspecified atom stereocenters. The molecule has 0 fully saturated rings. The van der Waals surface area contributed by atoms with Gasteiger partial charge < -0.3 is 10.5 Å². The lowest BCUT2D eigenvalue weighted by Crippen LogP contribution is -1.95. The maximum absolute atomic E-state index is 8.94. The van der Waals surface area contributed by atoms with E-state index >= 15 is 0 Å². The van der Waals surface area contributed by atoms with Crippen LogP contribution in [0, 0.1) is 18.3 Å². The number of hydrogen-bond acceptors (Lipinski definition) is 5. The first-order chi connectivity index (χ1) is 8.19. The van der Waals surface area contributed by atoms with E-state index in [0.29, 0.717) is 17.0 Å². The van der Waals surface area contributed by atoms with Crippen molar-refractivity contribution in [2.45, 2.75) is 6.92 Å². The third kappa shape index (κ3) is 2.49. The van der Waals surface area contributed by atoms with Gasteiger partial charge in [-0.25, -0.2) is 9.97 Å². The van der Waals surface area contributed by atoms with Crippen LogP contribution < -0.4 is 10.5 Å². The molecular weight excluding hydrogens is 216 g/mol. The number of nitrogen functional groups attached to an aromatic ring is 1. The molecule has 2 rings (SSSR count). The summed E-state index contributed by atoms with van der Waals surface area (Å²) in [5.41, 5.74) is 7.39. The predicted molar refractivity (Wildman–Crippen MR) is 62.4 cm³/mol. The predicted octanol–water partition coefficient (Wildman–Crippen LogP) is 2.03. The second kappa shape index (κ2) is 4.49. The summed E-state index contributed by atoms with van der Waals surface area (Å²) in [5.74, 6) is 0.394. The Hall–Kier alpha value is -2.61. The number of anilines is 1. The zero-order valence-corrected chi connectivity index (χ0v) is 9.21. The fourth-order valence-electron chi connectivity index (χ4n) is 1.26. The number of ether oxygens (including phenoxy) is 1. The van der Waals surface area contributed by atoms with Crippen LogP contribution in [0.5, 0.6) is 11.8 Å². The van der Waals surface area contributed by atoms with Gasteiger partial charge in [0.1, 0.15) is 11.8 Å². The van der Waals surface area contributed by atoms with E-state index in [4.69, 9.17) is 15.7 Å². The lowest BCUT2D eigenvalue weighted by molar-refractivity contribution is 0.440. The molecule has 0 aliphatic carbocycles. The number of benzene rings is 1. The van der Waals surface area contributed by atoms with Gasteiger partial charge in [-0.2, -0.15) is 5.26 Å². The molecule has 2 aromatic rings. The van der Waals surface area contributed by atoms with Gasteiger partial charge in [0.2, 0.25) is 0 Å². The molecule has 0 saturated heterocycles. The molecule has 0 aliphatic heterocycles. The summed E-state index contributed by atoms with van der Waals surface area (Å²) >= 11 is 0. The molecule has 0 saturated carbocycles. The highest BCUT2D eigenvalue weighted by Gasteiger charge is 2.06. The largest absolute Gasteiger partial charge is 0.423 e. The van der Waals surface area contributed by atoms with E-state index in [0.717, 1.165) is 5.56 Å². The number of aromatic nitrogens is 2. The third-order valence-corrected chi connectivity index (χ3v) is 2.08. The fraction of sp³-hybridized carbons (Fsp3) is 0.0833. The van der Waals surface area contributed by atoms with Crippen LogP contribution in [0.15, 0.2) is 30.6 Å². The molecular formula is C12H10N4O. The summed E-state index contributed by atoms with van der Waals surface area (Å²) in [6.45, 7) is 1.88. The van der Waals surface area contributed by atoms with Gasteiger partial charge in [0, 0.05) is 18.1 Å². The minimum Gasteiger partial charge on any atom is -0.423 e. The minimum atomic E-state index is 0.205. The third-order valence-electron chi connectivity index (χ3n) is 2.08. The zero-order chi connectivity index (χ0) is 12.3. The van der Waals surface area contributed by atoms with Gasteiger partial charge in [0.15, 0.2) is 0 Å². The summed E-state index contributed by atoms with van der Waals surface area (Å²) in [6.07, 6.45) is 3.29. The Morgan fingerprint density at radius 3 is 2.65 bits per heavy atom. The Morgan fingerprint density at radius 2 is 2.00 bits per heavy atom. The molecule has 0 amide bonds. The molecule has 2 N–H and O–H groups in total. The van der Waals surface area contributed by atoms with Gasteiger partial charge in [-0.1, -0.05) is 0 Å². The number of rotatable bonds is 2. The summed E-state index contributed by atoms with van der Waals surface area (Å²) in [7, 11) is 0. The van der Waals surface area contributed by atoms with E-state index in [1.165, 1.54) is 0 Å². The van der Waals surface area contributed by atoms with Crippen molar-refractivity contribution in [1.29, 1.82) is 5.26 Å². The zero-order valence-electron chi connectivity index (χ0n) is 9.21. The molecule has 17 heavy (non-hydrogen) atoms. The molecule has 0 aliphatic rings. The van der Waals surface area contributed by atoms with E-state index < -0.39 is 0 Å². The van der Waals surface area contributed by atoms with Gasteiger partial charge in [-0.3, -0.25) is 0 Å². The topological polar surface area (TPSA) is 84.8 Å². The SMILES string of the molecule is Cc1cnc(Oc2ccc(N)cc2C#N)nc1. The van der Waals surface area contributed by atoms with Crippen LogP contribution in [0.1, 0.15) is 11.1 Å². The van der Waals surface area contributed by atoms with Crippen LogP contribution in [-0.4, -0.2) is 9.97 Å². The van der Waals surface area contributed by atoms with Crippen molar-refractivity contribution >= 4 is 5.69 Å². The quantitative estimate of drug-likeness (QED) is 0.792. The molecule has 5 nitrogen and oxygen atoms in total. The van der Waals surface area contributed by atoms with Crippen molar-refractivity contribution in [3.63, 3.8) is 0 Å². The second-order valence-corrected chi connectivity index (χ2v) is 3.51. The van der Waals surface area contributed by atoms with Crippen molar-refractivity contribution in [3.8, 4) is 17.8 Å². The first-order valence-electron chi connectivity index (χ1n) is 4.95. The van der Waals surface area contributed by atoms with Crippen molar-refractivity contribution in [2.24, 2.45) is 0 Å². The molecule has 5 heteroatoms. The number of nitrogens with zero attached hydrogens (tertiary/aromatic N) is 3. The highest BCUT2D eigenvalue weighted by molar-refractivity contribution is 5.53. The van der Waals surface area contributed by atoms with Crippen LogP contribution in [0.2, 0.25) is 0 Å². The van der Waals surface area contributed by atoms with Crippen LogP contribution in [0.25, 0.3) is 0 Å². The standard InChI is InChI=1S/C12H10N4O/c1-8-6-15-12(16-7-8)17-11-3-2-10(14)4-9(11)5-13/h2-4,6-7H,14H2,1H3. The van der Waals surface area contributed by atoms with Crippen molar-refractivity contribution in [1.82, 2.24) is 9.97 Å². The molecule has 0 bridgehead atoms. The van der Waals surface area contributed by atoms with Crippen LogP contribution in [0.3, 0.4) is 0 Å². The summed E-state index contributed by atoms with van der Waals surface area (Å²) in [5, 5.41) is 8.94. The molecule has 84 valence electrons. The summed E-state index contributed by atoms with van der Waals surface area (Å²) in [6, 6.07) is 7.04. The summed E-state index contributed by atoms with van der Waals surface area (Å²) < 4.78 is 5.41. The average Bonchev–Trinajstić information content (AvgIpc) is 2.34. The van der Waals surface area contributed by atoms with Gasteiger partial charge in [0.25, 0.3) is 0 Å². The lowest BCUT2D eigenvalue weighted by Gasteiger charge is -2.05. The number of nitriles is 1. The molecule has 1 aromatic carbocycles. The van der Waals surface area contributed by atoms with Crippen molar-refractivity contribution < 1.29 is 4.74 Å². The van der Waals surface area contributed by atoms with E-state index in [9.17, 15) is 0 Å². The van der Waals surface area contributed by atoms with Crippen molar-refractivity contribution in [2.75, 3.05) is 5.73 Å². The van der Waals surface area contributed by atoms with E-state index in [1.807, 2.05) is 13.0 Å². The molecule has 1 heterocycles. The van der Waals surface area contributed by atoms with Crippen LogP contribution in [0.4, 0.5) is 5.69 Å². The Morgan fingerprint density at radius 1 is 1.29 bits per heavy atom.